The van der Waals surface area contributed by atoms with E-state index in [9.17, 15) is 22.9 Å². The molecule has 1 aromatic carbocycles. The van der Waals surface area contributed by atoms with Gasteiger partial charge in [0.15, 0.2) is 6.54 Å². The average molecular weight is 563 g/mol. The van der Waals surface area contributed by atoms with Crippen LogP contribution in [0.15, 0.2) is 58.9 Å². The van der Waals surface area contributed by atoms with Crippen LogP contribution < -0.4 is 4.57 Å². The standard InChI is InChI=1S/C26H30N2O6S3/c1-4-17(13-24-27(5-2)21-16-19(29)8-10-23(21)35-24)14-25-28(11-6-12-37(31,32)33)20-15-18(26(30)34-3)7-9-22(20)36-25/h7-10,13-16,21,23H,4-6,11-12H2,1-3H3,(H-,29,31,32,33). The molecule has 1 aliphatic carbocycles. The van der Waals surface area contributed by atoms with E-state index in [2.05, 4.69) is 30.9 Å². The third-order valence-corrected chi connectivity index (χ3v) is 9.53. The summed E-state index contributed by atoms with van der Waals surface area (Å²) >= 11 is 3.31. The van der Waals surface area contributed by atoms with Crippen LogP contribution >= 0.6 is 23.1 Å². The molecule has 1 N–H and O–H groups in total. The van der Waals surface area contributed by atoms with Crippen molar-refractivity contribution < 1.29 is 32.2 Å². The summed E-state index contributed by atoms with van der Waals surface area (Å²) < 4.78 is 41.4. The summed E-state index contributed by atoms with van der Waals surface area (Å²) in [5, 5.41) is 12.2. The molecular formula is C26H30N2O6S3. The molecule has 0 spiro atoms. The van der Waals surface area contributed by atoms with Gasteiger partial charge in [-0.25, -0.2) is 13.2 Å². The molecule has 2 aliphatic rings. The topological polar surface area (TPSA) is 111 Å². The maximum atomic E-state index is 12.1. The number of rotatable bonds is 9. The summed E-state index contributed by atoms with van der Waals surface area (Å²) in [5.41, 5.74) is 2.27. The Morgan fingerprint density at radius 3 is 2.78 bits per heavy atom. The minimum absolute atomic E-state index is 0.101. The molecule has 11 heteroatoms. The van der Waals surface area contributed by atoms with E-state index in [4.69, 9.17) is 4.74 Å². The molecule has 1 saturated heterocycles. The van der Waals surface area contributed by atoms with Gasteiger partial charge in [-0.1, -0.05) is 36.1 Å². The number of carbonyl (C=O) groups excluding carboxylic acids is 1. The predicted molar refractivity (Wildman–Crippen MR) is 146 cm³/mol. The summed E-state index contributed by atoms with van der Waals surface area (Å²) in [6, 6.07) is 5.41. The number of fused-ring (bicyclic) bond motifs is 2. The zero-order chi connectivity index (χ0) is 26.7. The van der Waals surface area contributed by atoms with Crippen molar-refractivity contribution in [2.24, 2.45) is 0 Å². The van der Waals surface area contributed by atoms with Gasteiger partial charge in [0.25, 0.3) is 5.01 Å². The fourth-order valence-corrected chi connectivity index (χ4v) is 7.53. The molecule has 2 atom stereocenters. The van der Waals surface area contributed by atoms with Crippen LogP contribution in [0.5, 0.6) is 0 Å². The van der Waals surface area contributed by atoms with Crippen LogP contribution in [0.2, 0.25) is 0 Å². The number of esters is 1. The van der Waals surface area contributed by atoms with Gasteiger partial charge in [-0.2, -0.15) is 4.57 Å². The van der Waals surface area contributed by atoms with Gasteiger partial charge in [0.2, 0.25) is 5.52 Å². The summed E-state index contributed by atoms with van der Waals surface area (Å²) in [5.74, 6) is -0.627. The van der Waals surface area contributed by atoms with E-state index in [0.29, 0.717) is 12.1 Å². The number of aromatic nitrogens is 1. The molecule has 2 unspecified atom stereocenters. The van der Waals surface area contributed by atoms with E-state index in [1.807, 2.05) is 22.8 Å². The van der Waals surface area contributed by atoms with Gasteiger partial charge >= 0.3 is 5.97 Å². The number of carbonyl (C=O) groups is 1. The fraction of sp³-hybridized carbons (Fsp3) is 0.385. The Morgan fingerprint density at radius 2 is 2.11 bits per heavy atom. The molecule has 0 amide bonds. The molecule has 0 saturated carbocycles. The first kappa shape index (κ1) is 27.4. The Morgan fingerprint density at radius 1 is 1.32 bits per heavy atom. The van der Waals surface area contributed by atoms with Crippen molar-refractivity contribution in [2.45, 2.75) is 44.5 Å². The molecule has 1 aromatic heterocycles. The van der Waals surface area contributed by atoms with E-state index < -0.39 is 21.8 Å². The molecule has 0 radical (unpaired) electrons. The Bertz CT molecular complexity index is 1420. The summed E-state index contributed by atoms with van der Waals surface area (Å²) in [6.45, 7) is 5.30. The number of hydrogen-bond donors (Lipinski definition) is 1. The van der Waals surface area contributed by atoms with Crippen LogP contribution in [0.25, 0.3) is 16.3 Å². The number of nitrogens with zero attached hydrogens (tertiary/aromatic N) is 2. The van der Waals surface area contributed by atoms with Crippen molar-refractivity contribution in [3.8, 4) is 0 Å². The van der Waals surface area contributed by atoms with Crippen molar-refractivity contribution >= 4 is 55.5 Å². The number of likely N-dealkylation sites (N-methyl/N-ethyl adjacent to an activating group) is 1. The van der Waals surface area contributed by atoms with Gasteiger partial charge in [-0.3, -0.25) is 0 Å². The Hall–Kier alpha value is -2.60. The van der Waals surface area contributed by atoms with E-state index in [0.717, 1.165) is 38.8 Å². The van der Waals surface area contributed by atoms with Gasteiger partial charge in [-0.05, 0) is 49.3 Å². The lowest BCUT2D eigenvalue weighted by molar-refractivity contribution is -0.668. The molecule has 2 heterocycles. The Kier molecular flexibility index (Phi) is 8.47. The third-order valence-electron chi connectivity index (χ3n) is 6.33. The Balaban J connectivity index is 1.74. The molecule has 37 heavy (non-hydrogen) atoms. The molecule has 8 nitrogen and oxygen atoms in total. The summed E-state index contributed by atoms with van der Waals surface area (Å²) in [6.07, 6.45) is 10.9. The summed E-state index contributed by atoms with van der Waals surface area (Å²) in [4.78, 5) is 14.4. The second-order valence-electron chi connectivity index (χ2n) is 8.75. The van der Waals surface area contributed by atoms with E-state index in [1.54, 1.807) is 41.3 Å². The summed E-state index contributed by atoms with van der Waals surface area (Å²) in [7, 11) is -3.01. The van der Waals surface area contributed by atoms with E-state index in [1.165, 1.54) is 7.11 Å². The first-order chi connectivity index (χ1) is 17.6. The second kappa shape index (κ2) is 11.4. The van der Waals surface area contributed by atoms with Crippen molar-refractivity contribution in [3.05, 3.63) is 69.4 Å². The fourth-order valence-electron chi connectivity index (χ4n) is 4.49. The molecular weight excluding hydrogens is 532 g/mol. The molecule has 0 bridgehead atoms. The lowest BCUT2D eigenvalue weighted by Crippen LogP contribution is -2.36. The molecule has 2 aromatic rings. The minimum Gasteiger partial charge on any atom is -0.748 e. The van der Waals surface area contributed by atoms with Gasteiger partial charge in [0.1, 0.15) is 10.5 Å². The molecule has 4 rings (SSSR count). The number of aryl methyl sites for hydroxylation is 1. The zero-order valence-electron chi connectivity index (χ0n) is 20.9. The number of thiazole rings is 1. The monoisotopic (exact) mass is 562 g/mol. The third kappa shape index (κ3) is 6.28. The maximum absolute atomic E-state index is 12.1. The van der Waals surface area contributed by atoms with Gasteiger partial charge in [0.05, 0.1) is 39.1 Å². The second-order valence-corrected chi connectivity index (χ2v) is 12.5. The predicted octanol–water partition coefficient (Wildman–Crippen LogP) is 4.36. The van der Waals surface area contributed by atoms with Crippen LogP contribution in [0.4, 0.5) is 0 Å². The van der Waals surface area contributed by atoms with Gasteiger partial charge < -0.3 is 19.3 Å². The van der Waals surface area contributed by atoms with Crippen LogP contribution in [0.3, 0.4) is 0 Å². The van der Waals surface area contributed by atoms with Crippen LogP contribution in [0.1, 0.15) is 42.1 Å². The number of methoxy groups -OCH3 is 1. The van der Waals surface area contributed by atoms with Crippen LogP contribution in [-0.2, 0) is 21.4 Å². The highest BCUT2D eigenvalue weighted by Gasteiger charge is 2.36. The lowest BCUT2D eigenvalue weighted by atomic mass is 10.1. The highest BCUT2D eigenvalue weighted by molar-refractivity contribution is 8.04. The van der Waals surface area contributed by atoms with Crippen molar-refractivity contribution in [2.75, 3.05) is 19.4 Å². The highest BCUT2D eigenvalue weighted by Crippen LogP contribution is 2.42. The number of allylic oxidation sites excluding steroid dienone is 3. The molecule has 198 valence electrons. The maximum Gasteiger partial charge on any atom is 0.338 e. The van der Waals surface area contributed by atoms with E-state index >= 15 is 0 Å². The quantitative estimate of drug-likeness (QED) is 0.273. The Labute approximate surface area is 225 Å². The van der Waals surface area contributed by atoms with Crippen molar-refractivity contribution in [1.82, 2.24) is 4.90 Å². The number of benzene rings is 1. The number of aliphatic hydroxyl groups is 1. The van der Waals surface area contributed by atoms with Crippen molar-refractivity contribution in [3.63, 3.8) is 0 Å². The van der Waals surface area contributed by atoms with Crippen molar-refractivity contribution in [1.29, 1.82) is 0 Å². The number of hydrogen-bond acceptors (Lipinski definition) is 9. The molecule has 1 aliphatic heterocycles. The van der Waals surface area contributed by atoms with Crippen LogP contribution in [-0.4, -0.2) is 59.6 Å². The normalized spacial score (nSPS) is 21.0. The van der Waals surface area contributed by atoms with Crippen LogP contribution in [0, 0.1) is 0 Å². The number of ether oxygens (including phenoxy) is 1. The average Bonchev–Trinajstić information content (AvgIpc) is 3.38. The largest absolute Gasteiger partial charge is 0.748 e. The SMILES string of the molecule is CCC(=Cc1sc2ccc(C(=O)OC)cc2[n+]1CCCS(=O)(=O)[O-])C=C1SC2C=CC(O)=CC2N1CC. The number of aliphatic hydroxyl groups excluding tert-OH is 1. The lowest BCUT2D eigenvalue weighted by Gasteiger charge is -2.26. The van der Waals surface area contributed by atoms with E-state index in [-0.39, 0.29) is 23.5 Å². The van der Waals surface area contributed by atoms with Gasteiger partial charge in [-0.15, -0.1) is 0 Å². The minimum atomic E-state index is -4.33. The smallest absolute Gasteiger partial charge is 0.338 e. The first-order valence-corrected chi connectivity index (χ1v) is 15.3. The number of thioether (sulfide) groups is 1. The zero-order valence-corrected chi connectivity index (χ0v) is 23.4. The van der Waals surface area contributed by atoms with Gasteiger partial charge in [0, 0.05) is 30.9 Å². The highest BCUT2D eigenvalue weighted by atomic mass is 32.2. The first-order valence-electron chi connectivity index (χ1n) is 12.1. The molecule has 1 fully saturated rings.